The molecule has 0 saturated carbocycles. The first-order chi connectivity index (χ1) is 10.1. The maximum absolute atomic E-state index is 11.2. The van der Waals surface area contributed by atoms with Gasteiger partial charge < -0.3 is 15.8 Å². The molecule has 110 valence electrons. The zero-order valence-corrected chi connectivity index (χ0v) is 12.3. The van der Waals surface area contributed by atoms with Gasteiger partial charge in [0.25, 0.3) is 0 Å². The first-order valence-corrected chi connectivity index (χ1v) is 6.90. The van der Waals surface area contributed by atoms with E-state index in [4.69, 9.17) is 10.5 Å². The van der Waals surface area contributed by atoms with Crippen molar-refractivity contribution < 1.29 is 9.53 Å². The average molecular weight is 284 g/mol. The zero-order valence-electron chi connectivity index (χ0n) is 12.3. The molecule has 1 amide bonds. The van der Waals surface area contributed by atoms with Gasteiger partial charge in [0.05, 0.1) is 5.69 Å². The van der Waals surface area contributed by atoms with Gasteiger partial charge in [-0.2, -0.15) is 0 Å². The number of hydrogen-bond acceptors (Lipinski definition) is 3. The molecule has 1 atom stereocenters. The van der Waals surface area contributed by atoms with Gasteiger partial charge in [0.1, 0.15) is 11.9 Å². The van der Waals surface area contributed by atoms with Gasteiger partial charge in [-0.25, -0.2) is 0 Å². The number of carbonyl (C=O) groups is 1. The van der Waals surface area contributed by atoms with Gasteiger partial charge in [0.15, 0.2) is 0 Å². The topological polar surface area (TPSA) is 64.3 Å². The number of nitrogens with two attached hydrogens (primary N) is 1. The molecule has 0 fully saturated rings. The maximum Gasteiger partial charge on any atom is 0.221 e. The van der Waals surface area contributed by atoms with Crippen molar-refractivity contribution in [2.24, 2.45) is 5.73 Å². The predicted octanol–water partition coefficient (Wildman–Crippen LogP) is 3.03. The van der Waals surface area contributed by atoms with Crippen molar-refractivity contribution >= 4 is 11.6 Å². The molecule has 0 aliphatic rings. The minimum atomic E-state index is -0.250. The van der Waals surface area contributed by atoms with Gasteiger partial charge in [0, 0.05) is 13.5 Å². The first-order valence-electron chi connectivity index (χ1n) is 6.90. The van der Waals surface area contributed by atoms with E-state index in [1.165, 1.54) is 12.5 Å². The molecule has 0 radical (unpaired) electrons. The molecular formula is C17H20N2O2. The third-order valence-corrected chi connectivity index (χ3v) is 3.13. The molecule has 21 heavy (non-hydrogen) atoms. The Kier molecular flexibility index (Phi) is 4.95. The largest absolute Gasteiger partial charge is 0.482 e. The fourth-order valence-electron chi connectivity index (χ4n) is 2.05. The summed E-state index contributed by atoms with van der Waals surface area (Å²) < 4.78 is 5.98. The van der Waals surface area contributed by atoms with E-state index in [1.54, 1.807) is 6.07 Å². The summed E-state index contributed by atoms with van der Waals surface area (Å²) in [5.74, 6) is 0.481. The smallest absolute Gasteiger partial charge is 0.221 e. The number of benzene rings is 2. The highest BCUT2D eigenvalue weighted by Crippen LogP contribution is 2.28. The Morgan fingerprint density at radius 2 is 1.86 bits per heavy atom. The average Bonchev–Trinajstić information content (AvgIpc) is 2.47. The van der Waals surface area contributed by atoms with Crippen molar-refractivity contribution in [2.45, 2.75) is 20.0 Å². The number of hydrogen-bond donors (Lipinski definition) is 2. The minimum absolute atomic E-state index is 0.134. The van der Waals surface area contributed by atoms with E-state index in [0.29, 0.717) is 18.0 Å². The summed E-state index contributed by atoms with van der Waals surface area (Å²) in [6, 6.07) is 15.4. The number of rotatable bonds is 5. The number of aryl methyl sites for hydroxylation is 1. The van der Waals surface area contributed by atoms with Crippen LogP contribution in [0.1, 0.15) is 24.2 Å². The van der Waals surface area contributed by atoms with Gasteiger partial charge >= 0.3 is 0 Å². The summed E-state index contributed by atoms with van der Waals surface area (Å²) in [5.41, 5.74) is 8.68. The van der Waals surface area contributed by atoms with E-state index >= 15 is 0 Å². The molecule has 0 saturated heterocycles. The van der Waals surface area contributed by atoms with E-state index in [9.17, 15) is 4.79 Å². The molecule has 0 bridgehead atoms. The van der Waals surface area contributed by atoms with Gasteiger partial charge in [0.2, 0.25) is 5.91 Å². The fourth-order valence-corrected chi connectivity index (χ4v) is 2.05. The Morgan fingerprint density at radius 1 is 1.19 bits per heavy atom. The lowest BCUT2D eigenvalue weighted by Crippen LogP contribution is -2.19. The fraction of sp³-hybridized carbons (Fsp3) is 0.235. The van der Waals surface area contributed by atoms with Crippen molar-refractivity contribution in [1.82, 2.24) is 0 Å². The minimum Gasteiger partial charge on any atom is -0.482 e. The van der Waals surface area contributed by atoms with Crippen molar-refractivity contribution in [2.75, 3.05) is 11.9 Å². The van der Waals surface area contributed by atoms with Crippen LogP contribution in [0, 0.1) is 6.92 Å². The highest BCUT2D eigenvalue weighted by atomic mass is 16.5. The molecule has 4 nitrogen and oxygen atoms in total. The van der Waals surface area contributed by atoms with E-state index < -0.39 is 0 Å². The van der Waals surface area contributed by atoms with Crippen molar-refractivity contribution in [3.63, 3.8) is 0 Å². The van der Waals surface area contributed by atoms with E-state index in [1.807, 2.05) is 49.4 Å². The van der Waals surface area contributed by atoms with Gasteiger partial charge in [-0.1, -0.05) is 42.0 Å². The summed E-state index contributed by atoms with van der Waals surface area (Å²) in [7, 11) is 0. The van der Waals surface area contributed by atoms with Crippen LogP contribution in [0.5, 0.6) is 5.75 Å². The summed E-state index contributed by atoms with van der Waals surface area (Å²) in [6.07, 6.45) is -0.250. The predicted molar refractivity (Wildman–Crippen MR) is 84.3 cm³/mol. The quantitative estimate of drug-likeness (QED) is 0.887. The summed E-state index contributed by atoms with van der Waals surface area (Å²) >= 11 is 0. The third kappa shape index (κ3) is 4.07. The molecule has 0 aliphatic carbocycles. The molecule has 0 heterocycles. The number of amides is 1. The lowest BCUT2D eigenvalue weighted by atomic mass is 10.1. The Balaban J connectivity index is 2.22. The molecule has 0 spiro atoms. The molecule has 2 aromatic rings. The van der Waals surface area contributed by atoms with Crippen LogP contribution in [0.2, 0.25) is 0 Å². The maximum atomic E-state index is 11.2. The number of ether oxygens (including phenoxy) is 1. The monoisotopic (exact) mass is 284 g/mol. The summed E-state index contributed by atoms with van der Waals surface area (Å²) in [4.78, 5) is 11.2. The zero-order chi connectivity index (χ0) is 15.2. The number of para-hydroxylation sites is 2. The van der Waals surface area contributed by atoms with Gasteiger partial charge in [-0.3, -0.25) is 4.79 Å². The van der Waals surface area contributed by atoms with Crippen LogP contribution in [-0.4, -0.2) is 12.5 Å². The lowest BCUT2D eigenvalue weighted by molar-refractivity contribution is -0.114. The SMILES string of the molecule is CC(=O)Nc1ccccc1OC(CN)c1ccc(C)cc1. The molecule has 1 unspecified atom stereocenters. The van der Waals surface area contributed by atoms with Crippen LogP contribution >= 0.6 is 0 Å². The second kappa shape index (κ2) is 6.90. The van der Waals surface area contributed by atoms with Crippen LogP contribution in [-0.2, 0) is 4.79 Å². The number of carbonyl (C=O) groups excluding carboxylic acids is 1. The third-order valence-electron chi connectivity index (χ3n) is 3.13. The number of anilines is 1. The lowest BCUT2D eigenvalue weighted by Gasteiger charge is -2.20. The van der Waals surface area contributed by atoms with Gasteiger partial charge in [-0.05, 0) is 24.6 Å². The molecule has 0 aromatic heterocycles. The van der Waals surface area contributed by atoms with Crippen LogP contribution < -0.4 is 15.8 Å². The standard InChI is InChI=1S/C17H20N2O2/c1-12-7-9-14(10-8-12)17(11-18)21-16-6-4-3-5-15(16)19-13(2)20/h3-10,17H,11,18H2,1-2H3,(H,19,20). The van der Waals surface area contributed by atoms with Crippen LogP contribution in [0.25, 0.3) is 0 Å². The second-order valence-electron chi connectivity index (χ2n) is 4.93. The normalized spacial score (nSPS) is 11.8. The molecule has 4 heteroatoms. The Labute approximate surface area is 124 Å². The molecular weight excluding hydrogens is 264 g/mol. The number of nitrogens with one attached hydrogen (secondary N) is 1. The highest BCUT2D eigenvalue weighted by molar-refractivity contribution is 5.90. The van der Waals surface area contributed by atoms with E-state index in [-0.39, 0.29) is 12.0 Å². The van der Waals surface area contributed by atoms with Crippen molar-refractivity contribution in [1.29, 1.82) is 0 Å². The molecule has 2 rings (SSSR count). The Morgan fingerprint density at radius 3 is 2.48 bits per heavy atom. The van der Waals surface area contributed by atoms with Crippen molar-refractivity contribution in [3.8, 4) is 5.75 Å². The molecule has 0 aliphatic heterocycles. The summed E-state index contributed by atoms with van der Waals surface area (Å²) in [6.45, 7) is 3.86. The molecule has 2 aromatic carbocycles. The molecule has 3 N–H and O–H groups in total. The summed E-state index contributed by atoms with van der Waals surface area (Å²) in [5, 5.41) is 2.76. The van der Waals surface area contributed by atoms with Crippen molar-refractivity contribution in [3.05, 3.63) is 59.7 Å². The second-order valence-corrected chi connectivity index (χ2v) is 4.93. The van der Waals surface area contributed by atoms with Crippen LogP contribution in [0.4, 0.5) is 5.69 Å². The van der Waals surface area contributed by atoms with Gasteiger partial charge in [-0.15, -0.1) is 0 Å². The Bertz CT molecular complexity index is 608. The highest BCUT2D eigenvalue weighted by Gasteiger charge is 2.14. The Hall–Kier alpha value is -2.33. The van der Waals surface area contributed by atoms with E-state index in [0.717, 1.165) is 5.56 Å². The van der Waals surface area contributed by atoms with E-state index in [2.05, 4.69) is 5.32 Å². The first kappa shape index (κ1) is 15.1. The van der Waals surface area contributed by atoms with Crippen LogP contribution in [0.15, 0.2) is 48.5 Å². The van der Waals surface area contributed by atoms with Crippen LogP contribution in [0.3, 0.4) is 0 Å².